The average molecular weight is 234 g/mol. The van der Waals surface area contributed by atoms with E-state index in [0.29, 0.717) is 11.7 Å². The minimum atomic E-state index is -0.130. The van der Waals surface area contributed by atoms with E-state index >= 15 is 0 Å². The molecule has 0 heterocycles. The molecule has 1 aliphatic rings. The molecular weight excluding hydrogens is 208 g/mol. The summed E-state index contributed by atoms with van der Waals surface area (Å²) in [5.74, 6) is 0.806. The summed E-state index contributed by atoms with van der Waals surface area (Å²) in [5.41, 5.74) is 2.48. The Morgan fingerprint density at radius 2 is 2.18 bits per heavy atom. The number of rotatable bonds is 4. The van der Waals surface area contributed by atoms with Crippen molar-refractivity contribution in [3.05, 3.63) is 23.3 Å². The predicted octanol–water partition coefficient (Wildman–Crippen LogP) is 4.68. The van der Waals surface area contributed by atoms with Gasteiger partial charge in [0.1, 0.15) is 0 Å². The van der Waals surface area contributed by atoms with E-state index in [1.807, 2.05) is 6.08 Å². The second-order valence-corrected chi connectivity index (χ2v) is 6.03. The highest BCUT2D eigenvalue weighted by molar-refractivity contribution is 5.96. The Morgan fingerprint density at radius 1 is 1.53 bits per heavy atom. The number of ketones is 1. The standard InChI is InChI=1S/C16H26O/c1-12(2)7-6-8-14(4)16(5)10-9-13(3)11-15(16)17/h7,11,14H,6,8-10H2,1-5H3. The normalized spacial score (nSPS) is 26.4. The third kappa shape index (κ3) is 3.55. The van der Waals surface area contributed by atoms with Gasteiger partial charge in [0, 0.05) is 5.41 Å². The molecule has 2 atom stereocenters. The zero-order chi connectivity index (χ0) is 13.1. The van der Waals surface area contributed by atoms with E-state index in [4.69, 9.17) is 0 Å². The summed E-state index contributed by atoms with van der Waals surface area (Å²) >= 11 is 0. The molecule has 96 valence electrons. The molecule has 0 N–H and O–H groups in total. The molecule has 17 heavy (non-hydrogen) atoms. The van der Waals surface area contributed by atoms with Crippen LogP contribution in [0.4, 0.5) is 0 Å². The fraction of sp³-hybridized carbons (Fsp3) is 0.688. The molecule has 0 aliphatic heterocycles. The number of hydrogen-bond donors (Lipinski definition) is 0. The van der Waals surface area contributed by atoms with Gasteiger partial charge in [-0.25, -0.2) is 0 Å². The fourth-order valence-electron chi connectivity index (χ4n) is 2.47. The van der Waals surface area contributed by atoms with Crippen molar-refractivity contribution in [3.8, 4) is 0 Å². The first-order valence-electron chi connectivity index (χ1n) is 6.71. The van der Waals surface area contributed by atoms with Crippen LogP contribution in [-0.4, -0.2) is 5.78 Å². The van der Waals surface area contributed by atoms with Crippen LogP contribution in [0.15, 0.2) is 23.3 Å². The van der Waals surface area contributed by atoms with Crippen molar-refractivity contribution in [3.63, 3.8) is 0 Å². The third-order valence-corrected chi connectivity index (χ3v) is 4.22. The van der Waals surface area contributed by atoms with Gasteiger partial charge in [-0.05, 0) is 58.4 Å². The maximum Gasteiger partial charge on any atom is 0.161 e. The largest absolute Gasteiger partial charge is 0.294 e. The molecule has 0 saturated carbocycles. The van der Waals surface area contributed by atoms with Crippen LogP contribution in [0.25, 0.3) is 0 Å². The van der Waals surface area contributed by atoms with Crippen LogP contribution >= 0.6 is 0 Å². The summed E-state index contributed by atoms with van der Waals surface area (Å²) < 4.78 is 0. The van der Waals surface area contributed by atoms with Gasteiger partial charge in [0.15, 0.2) is 5.78 Å². The lowest BCUT2D eigenvalue weighted by Gasteiger charge is -2.36. The molecule has 0 bridgehead atoms. The number of hydrogen-bond acceptors (Lipinski definition) is 1. The van der Waals surface area contributed by atoms with E-state index in [1.165, 1.54) is 11.1 Å². The lowest BCUT2D eigenvalue weighted by atomic mass is 9.66. The molecular formula is C16H26O. The Labute approximate surface area is 106 Å². The molecule has 0 aromatic rings. The quantitative estimate of drug-likeness (QED) is 0.645. The van der Waals surface area contributed by atoms with Crippen LogP contribution < -0.4 is 0 Å². The molecule has 1 nitrogen and oxygen atoms in total. The fourth-order valence-corrected chi connectivity index (χ4v) is 2.47. The zero-order valence-corrected chi connectivity index (χ0v) is 12.0. The molecule has 0 amide bonds. The maximum atomic E-state index is 12.2. The van der Waals surface area contributed by atoms with E-state index < -0.39 is 0 Å². The Morgan fingerprint density at radius 3 is 2.71 bits per heavy atom. The van der Waals surface area contributed by atoms with Gasteiger partial charge < -0.3 is 0 Å². The second kappa shape index (κ2) is 5.66. The third-order valence-electron chi connectivity index (χ3n) is 4.22. The predicted molar refractivity (Wildman–Crippen MR) is 73.9 cm³/mol. The smallest absolute Gasteiger partial charge is 0.161 e. The van der Waals surface area contributed by atoms with E-state index in [9.17, 15) is 4.79 Å². The van der Waals surface area contributed by atoms with Crippen LogP contribution in [0.1, 0.15) is 60.3 Å². The molecule has 2 unspecified atom stereocenters. The van der Waals surface area contributed by atoms with E-state index in [0.717, 1.165) is 25.7 Å². The van der Waals surface area contributed by atoms with Gasteiger partial charge in [-0.2, -0.15) is 0 Å². The average Bonchev–Trinajstić information content (AvgIpc) is 2.23. The van der Waals surface area contributed by atoms with Gasteiger partial charge in [-0.3, -0.25) is 4.79 Å². The van der Waals surface area contributed by atoms with E-state index in [2.05, 4.69) is 40.7 Å². The summed E-state index contributed by atoms with van der Waals surface area (Å²) in [7, 11) is 0. The zero-order valence-electron chi connectivity index (χ0n) is 12.0. The molecule has 0 aromatic carbocycles. The van der Waals surface area contributed by atoms with Crippen molar-refractivity contribution < 1.29 is 4.79 Å². The van der Waals surface area contributed by atoms with Gasteiger partial charge in [-0.15, -0.1) is 0 Å². The van der Waals surface area contributed by atoms with Gasteiger partial charge in [0.2, 0.25) is 0 Å². The monoisotopic (exact) mass is 234 g/mol. The molecule has 1 rings (SSSR count). The molecule has 0 fully saturated rings. The van der Waals surface area contributed by atoms with Crippen molar-refractivity contribution >= 4 is 5.78 Å². The maximum absolute atomic E-state index is 12.2. The van der Waals surface area contributed by atoms with Crippen LogP contribution in [0, 0.1) is 11.3 Å². The van der Waals surface area contributed by atoms with Gasteiger partial charge >= 0.3 is 0 Å². The molecule has 0 spiro atoms. The van der Waals surface area contributed by atoms with Crippen LogP contribution in [0.2, 0.25) is 0 Å². The first-order chi connectivity index (χ1) is 7.86. The minimum absolute atomic E-state index is 0.130. The Bertz CT molecular complexity index is 345. The highest BCUT2D eigenvalue weighted by Gasteiger charge is 2.38. The van der Waals surface area contributed by atoms with Crippen molar-refractivity contribution in [2.75, 3.05) is 0 Å². The van der Waals surface area contributed by atoms with Crippen molar-refractivity contribution in [1.82, 2.24) is 0 Å². The van der Waals surface area contributed by atoms with Gasteiger partial charge in [0.25, 0.3) is 0 Å². The Hall–Kier alpha value is -0.850. The lowest BCUT2D eigenvalue weighted by molar-refractivity contribution is -0.126. The van der Waals surface area contributed by atoms with E-state index in [-0.39, 0.29) is 5.41 Å². The summed E-state index contributed by atoms with van der Waals surface area (Å²) in [5, 5.41) is 0. The molecule has 0 radical (unpaired) electrons. The SMILES string of the molecule is CC(C)=CCCC(C)C1(C)CCC(C)=CC1=O. The minimum Gasteiger partial charge on any atom is -0.294 e. The van der Waals surface area contributed by atoms with Crippen LogP contribution in [-0.2, 0) is 4.79 Å². The first-order valence-corrected chi connectivity index (χ1v) is 6.71. The first kappa shape index (κ1) is 14.2. The lowest BCUT2D eigenvalue weighted by Crippen LogP contribution is -2.35. The Kier molecular flexibility index (Phi) is 4.73. The number of allylic oxidation sites excluding steroid dienone is 4. The molecule has 1 aliphatic carbocycles. The second-order valence-electron chi connectivity index (χ2n) is 6.03. The van der Waals surface area contributed by atoms with Gasteiger partial charge in [0.05, 0.1) is 0 Å². The van der Waals surface area contributed by atoms with Gasteiger partial charge in [-0.1, -0.05) is 31.1 Å². The van der Waals surface area contributed by atoms with Crippen molar-refractivity contribution in [2.45, 2.75) is 60.3 Å². The molecule has 1 heteroatoms. The number of carbonyl (C=O) groups excluding carboxylic acids is 1. The van der Waals surface area contributed by atoms with Crippen LogP contribution in [0.3, 0.4) is 0 Å². The Balaban J connectivity index is 2.65. The molecule has 0 aromatic heterocycles. The van der Waals surface area contributed by atoms with Crippen molar-refractivity contribution in [1.29, 1.82) is 0 Å². The number of carbonyl (C=O) groups is 1. The van der Waals surface area contributed by atoms with E-state index in [1.54, 1.807) is 0 Å². The van der Waals surface area contributed by atoms with Crippen molar-refractivity contribution in [2.24, 2.45) is 11.3 Å². The molecule has 0 saturated heterocycles. The summed E-state index contributed by atoms with van der Waals surface area (Å²) in [6.07, 6.45) is 8.43. The topological polar surface area (TPSA) is 17.1 Å². The van der Waals surface area contributed by atoms with Crippen LogP contribution in [0.5, 0.6) is 0 Å². The summed E-state index contributed by atoms with van der Waals surface area (Å²) in [6, 6.07) is 0. The highest BCUT2D eigenvalue weighted by Crippen LogP contribution is 2.40. The highest BCUT2D eigenvalue weighted by atomic mass is 16.1. The summed E-state index contributed by atoms with van der Waals surface area (Å²) in [4.78, 5) is 12.2. The summed E-state index contributed by atoms with van der Waals surface area (Å²) in [6.45, 7) is 10.7.